The minimum Gasteiger partial charge on any atom is -0.387 e. The topological polar surface area (TPSA) is 49.5 Å². The van der Waals surface area contributed by atoms with E-state index in [4.69, 9.17) is 5.84 Å². The lowest BCUT2D eigenvalue weighted by Crippen LogP contribution is -2.40. The number of benzene rings is 1. The molecular weight excluding hydrogens is 176 g/mol. The van der Waals surface area contributed by atoms with Gasteiger partial charge in [0.25, 0.3) is 0 Å². The number of likely N-dealkylation sites (N-methyl/N-ethyl adjacent to an activating group) is 1. The van der Waals surface area contributed by atoms with Crippen LogP contribution in [0.2, 0.25) is 0 Å². The monoisotopic (exact) mass is 192 g/mol. The molecule has 0 bridgehead atoms. The van der Waals surface area contributed by atoms with E-state index < -0.39 is 6.10 Å². The fourth-order valence-corrected chi connectivity index (χ4v) is 2.09. The smallest absolute Gasteiger partial charge is 0.0964 e. The summed E-state index contributed by atoms with van der Waals surface area (Å²) in [5.41, 5.74) is 3.43. The second-order valence-corrected chi connectivity index (χ2v) is 4.08. The Morgan fingerprint density at radius 2 is 2.21 bits per heavy atom. The molecule has 0 radical (unpaired) electrons. The third-order valence-corrected chi connectivity index (χ3v) is 2.94. The van der Waals surface area contributed by atoms with Gasteiger partial charge in [-0.2, -0.15) is 0 Å². The molecule has 0 amide bonds. The minimum atomic E-state index is -0.445. The van der Waals surface area contributed by atoms with Gasteiger partial charge in [0.05, 0.1) is 12.1 Å². The highest BCUT2D eigenvalue weighted by Crippen LogP contribution is 2.33. The van der Waals surface area contributed by atoms with Gasteiger partial charge in [-0.15, -0.1) is 0 Å². The van der Waals surface area contributed by atoms with Gasteiger partial charge in [0.15, 0.2) is 0 Å². The molecule has 3 nitrogen and oxygen atoms in total. The van der Waals surface area contributed by atoms with Crippen LogP contribution in [0, 0.1) is 6.92 Å². The number of aliphatic hydroxyl groups excluding tert-OH is 1. The first kappa shape index (κ1) is 9.65. The highest BCUT2D eigenvalue weighted by molar-refractivity contribution is 5.38. The van der Waals surface area contributed by atoms with E-state index in [1.165, 1.54) is 11.1 Å². The Hall–Kier alpha value is -0.900. The predicted octanol–water partition coefficient (Wildman–Crippen LogP) is 0.759. The van der Waals surface area contributed by atoms with Crippen LogP contribution in [0.15, 0.2) is 18.2 Å². The fraction of sp³-hybridized carbons (Fsp3) is 0.455. The van der Waals surface area contributed by atoms with E-state index in [0.29, 0.717) is 0 Å². The summed E-state index contributed by atoms with van der Waals surface area (Å²) < 4.78 is 0. The fourth-order valence-electron chi connectivity index (χ4n) is 2.09. The standard InChI is InChI=1S/C11H16N2O/c1-7-3-4-8-6-10(13(2)12)11(14)9(8)5-7/h3-5,10-11,14H,6,12H2,1-2H3/t10-,11-/m1/s1. The Balaban J connectivity index is 2.36. The molecule has 1 aromatic carbocycles. The molecule has 14 heavy (non-hydrogen) atoms. The second kappa shape index (κ2) is 3.35. The third-order valence-electron chi connectivity index (χ3n) is 2.94. The average molecular weight is 192 g/mol. The Kier molecular flexibility index (Phi) is 2.31. The van der Waals surface area contributed by atoms with E-state index in [-0.39, 0.29) is 6.04 Å². The van der Waals surface area contributed by atoms with Crippen molar-refractivity contribution in [2.75, 3.05) is 7.05 Å². The number of fused-ring (bicyclic) bond motifs is 1. The zero-order valence-electron chi connectivity index (χ0n) is 8.57. The number of rotatable bonds is 1. The maximum Gasteiger partial charge on any atom is 0.0964 e. The van der Waals surface area contributed by atoms with Crippen molar-refractivity contribution >= 4 is 0 Å². The largest absolute Gasteiger partial charge is 0.387 e. The van der Waals surface area contributed by atoms with Crippen LogP contribution in [0.1, 0.15) is 22.8 Å². The number of aryl methyl sites for hydroxylation is 1. The van der Waals surface area contributed by atoms with Gasteiger partial charge in [0.2, 0.25) is 0 Å². The zero-order chi connectivity index (χ0) is 10.3. The van der Waals surface area contributed by atoms with Gasteiger partial charge in [-0.3, -0.25) is 5.84 Å². The summed E-state index contributed by atoms with van der Waals surface area (Å²) >= 11 is 0. The van der Waals surface area contributed by atoms with Crippen molar-refractivity contribution in [1.82, 2.24) is 5.01 Å². The molecule has 2 atom stereocenters. The van der Waals surface area contributed by atoms with E-state index in [1.807, 2.05) is 13.0 Å². The van der Waals surface area contributed by atoms with Crippen molar-refractivity contribution in [3.05, 3.63) is 34.9 Å². The van der Waals surface area contributed by atoms with Crippen LogP contribution < -0.4 is 5.84 Å². The minimum absolute atomic E-state index is 0.0202. The predicted molar refractivity (Wildman–Crippen MR) is 55.6 cm³/mol. The maximum absolute atomic E-state index is 10.0. The molecule has 1 aromatic rings. The number of nitrogens with two attached hydrogens (primary N) is 1. The molecule has 0 aromatic heterocycles. The molecule has 76 valence electrons. The molecule has 0 spiro atoms. The average Bonchev–Trinajstić information content (AvgIpc) is 2.44. The first-order valence-corrected chi connectivity index (χ1v) is 4.84. The molecule has 0 aliphatic heterocycles. The molecule has 0 unspecified atom stereocenters. The molecule has 2 rings (SSSR count). The van der Waals surface area contributed by atoms with Crippen molar-refractivity contribution in [1.29, 1.82) is 0 Å². The van der Waals surface area contributed by atoms with E-state index >= 15 is 0 Å². The van der Waals surface area contributed by atoms with Crippen LogP contribution in [-0.2, 0) is 6.42 Å². The maximum atomic E-state index is 10.0. The van der Waals surface area contributed by atoms with Crippen LogP contribution in [0.25, 0.3) is 0 Å². The van der Waals surface area contributed by atoms with Crippen LogP contribution in [0.5, 0.6) is 0 Å². The second-order valence-electron chi connectivity index (χ2n) is 4.08. The van der Waals surface area contributed by atoms with E-state index in [2.05, 4.69) is 12.1 Å². The lowest BCUT2D eigenvalue weighted by molar-refractivity contribution is 0.0763. The summed E-state index contributed by atoms with van der Waals surface area (Å²) in [5.74, 6) is 5.68. The van der Waals surface area contributed by atoms with Crippen LogP contribution >= 0.6 is 0 Å². The first-order chi connectivity index (χ1) is 6.59. The third kappa shape index (κ3) is 1.43. The summed E-state index contributed by atoms with van der Waals surface area (Å²) in [6.07, 6.45) is 0.393. The highest BCUT2D eigenvalue weighted by Gasteiger charge is 2.32. The quantitative estimate of drug-likeness (QED) is 0.510. The first-order valence-electron chi connectivity index (χ1n) is 4.84. The molecule has 0 saturated heterocycles. The van der Waals surface area contributed by atoms with Gasteiger partial charge in [-0.05, 0) is 24.5 Å². The number of nitrogens with zero attached hydrogens (tertiary/aromatic N) is 1. The number of hydrogen-bond acceptors (Lipinski definition) is 3. The summed E-state index contributed by atoms with van der Waals surface area (Å²) in [7, 11) is 1.80. The molecule has 1 aliphatic rings. The van der Waals surface area contributed by atoms with E-state index in [0.717, 1.165) is 12.0 Å². The van der Waals surface area contributed by atoms with Crippen molar-refractivity contribution < 1.29 is 5.11 Å². The normalized spacial score (nSPS) is 25.5. The van der Waals surface area contributed by atoms with Gasteiger partial charge in [0, 0.05) is 7.05 Å². The van der Waals surface area contributed by atoms with E-state index in [9.17, 15) is 5.11 Å². The van der Waals surface area contributed by atoms with Crippen molar-refractivity contribution in [3.8, 4) is 0 Å². The van der Waals surface area contributed by atoms with Crippen molar-refractivity contribution in [2.24, 2.45) is 5.84 Å². The SMILES string of the molecule is Cc1ccc2c(c1)[C@@H](O)[C@H](N(C)N)C2. The number of hydrazine groups is 1. The van der Waals surface area contributed by atoms with Crippen molar-refractivity contribution in [3.63, 3.8) is 0 Å². The van der Waals surface area contributed by atoms with Crippen molar-refractivity contribution in [2.45, 2.75) is 25.5 Å². The number of aliphatic hydroxyl groups is 1. The molecule has 1 aliphatic carbocycles. The molecular formula is C11H16N2O. The number of hydrogen-bond donors (Lipinski definition) is 2. The lowest BCUT2D eigenvalue weighted by atomic mass is 10.1. The zero-order valence-corrected chi connectivity index (χ0v) is 8.57. The Morgan fingerprint density at radius 1 is 1.50 bits per heavy atom. The van der Waals surface area contributed by atoms with Gasteiger partial charge < -0.3 is 5.11 Å². The van der Waals surface area contributed by atoms with Crippen LogP contribution in [-0.4, -0.2) is 23.2 Å². The summed E-state index contributed by atoms with van der Waals surface area (Å²) in [4.78, 5) is 0. The molecule has 3 heteroatoms. The molecule has 0 heterocycles. The highest BCUT2D eigenvalue weighted by atomic mass is 16.3. The van der Waals surface area contributed by atoms with Gasteiger partial charge >= 0.3 is 0 Å². The van der Waals surface area contributed by atoms with Gasteiger partial charge in [-0.1, -0.05) is 23.8 Å². The lowest BCUT2D eigenvalue weighted by Gasteiger charge is -2.22. The molecule has 3 N–H and O–H groups in total. The summed E-state index contributed by atoms with van der Waals surface area (Å²) in [6.45, 7) is 2.03. The Bertz CT molecular complexity index is 349. The Labute approximate surface area is 84.1 Å². The van der Waals surface area contributed by atoms with E-state index in [1.54, 1.807) is 12.1 Å². The van der Waals surface area contributed by atoms with Gasteiger partial charge in [-0.25, -0.2) is 5.01 Å². The van der Waals surface area contributed by atoms with Crippen LogP contribution in [0.4, 0.5) is 0 Å². The van der Waals surface area contributed by atoms with Gasteiger partial charge in [0.1, 0.15) is 0 Å². The summed E-state index contributed by atoms with van der Waals surface area (Å²) in [6, 6.07) is 6.22. The summed E-state index contributed by atoms with van der Waals surface area (Å²) in [5, 5.41) is 11.6. The van der Waals surface area contributed by atoms with Crippen LogP contribution in [0.3, 0.4) is 0 Å². The molecule has 0 fully saturated rings. The molecule has 0 saturated carbocycles. The Morgan fingerprint density at radius 3 is 2.86 bits per heavy atom.